The van der Waals surface area contributed by atoms with Gasteiger partial charge in [-0.2, -0.15) is 0 Å². The van der Waals surface area contributed by atoms with Crippen LogP contribution in [0, 0.1) is 0 Å². The lowest BCUT2D eigenvalue weighted by atomic mass is 10.2. The Kier molecular flexibility index (Phi) is 5.68. The third-order valence-electron chi connectivity index (χ3n) is 4.33. The zero-order valence-electron chi connectivity index (χ0n) is 16.5. The van der Waals surface area contributed by atoms with E-state index in [2.05, 4.69) is 15.3 Å². The molecule has 0 spiro atoms. The van der Waals surface area contributed by atoms with Gasteiger partial charge in [0.2, 0.25) is 0 Å². The number of fused-ring (bicyclic) bond motifs is 1. The Labute approximate surface area is 160 Å². The molecule has 1 aromatic heterocycles. The molecule has 1 aromatic carbocycles. The Bertz CT molecular complexity index is 803. The molecule has 0 bridgehead atoms. The van der Waals surface area contributed by atoms with Gasteiger partial charge in [-0.1, -0.05) is 12.1 Å². The number of nitrogens with zero attached hydrogens (tertiary/aromatic N) is 3. The molecule has 7 heteroatoms. The van der Waals surface area contributed by atoms with Crippen LogP contribution in [0.3, 0.4) is 0 Å². The van der Waals surface area contributed by atoms with Crippen molar-refractivity contribution >= 4 is 22.9 Å². The van der Waals surface area contributed by atoms with Crippen molar-refractivity contribution < 1.29 is 14.3 Å². The van der Waals surface area contributed by atoms with Crippen LogP contribution in [-0.4, -0.2) is 52.3 Å². The maximum Gasteiger partial charge on any atom is 0.410 e. The van der Waals surface area contributed by atoms with Crippen LogP contribution >= 0.6 is 0 Å². The smallest absolute Gasteiger partial charge is 0.410 e. The van der Waals surface area contributed by atoms with Crippen LogP contribution in [-0.2, 0) is 4.74 Å². The fraction of sp³-hybridized carbons (Fsp3) is 0.550. The van der Waals surface area contributed by atoms with Gasteiger partial charge in [0.1, 0.15) is 5.60 Å². The summed E-state index contributed by atoms with van der Waals surface area (Å²) in [5.74, 6) is 1.09. The van der Waals surface area contributed by atoms with E-state index in [4.69, 9.17) is 9.47 Å². The number of nitrogens with one attached hydrogen (secondary N) is 1. The van der Waals surface area contributed by atoms with Gasteiger partial charge in [-0.05, 0) is 52.7 Å². The van der Waals surface area contributed by atoms with Gasteiger partial charge in [0.25, 0.3) is 5.88 Å². The highest BCUT2D eigenvalue weighted by Gasteiger charge is 2.32. The molecule has 1 unspecified atom stereocenters. The summed E-state index contributed by atoms with van der Waals surface area (Å²) in [6.45, 7) is 9.36. The maximum atomic E-state index is 12.5. The van der Waals surface area contributed by atoms with Crippen LogP contribution in [0.15, 0.2) is 24.3 Å². The molecule has 1 fully saturated rings. The lowest BCUT2D eigenvalue weighted by Crippen LogP contribution is -2.42. The monoisotopic (exact) mass is 372 g/mol. The molecule has 0 saturated carbocycles. The molecule has 3 rings (SSSR count). The Hall–Kier alpha value is -2.57. The second-order valence-corrected chi connectivity index (χ2v) is 7.65. The number of para-hydroxylation sites is 2. The number of hydrogen-bond donors (Lipinski definition) is 1. The molecule has 1 aliphatic rings. The van der Waals surface area contributed by atoms with Crippen LogP contribution in [0.2, 0.25) is 0 Å². The zero-order valence-corrected chi connectivity index (χ0v) is 16.5. The van der Waals surface area contributed by atoms with Crippen molar-refractivity contribution in [1.82, 2.24) is 14.9 Å². The second-order valence-electron chi connectivity index (χ2n) is 7.65. The number of carbonyl (C=O) groups excluding carboxylic acids is 1. The Morgan fingerprint density at radius 2 is 1.96 bits per heavy atom. The summed E-state index contributed by atoms with van der Waals surface area (Å²) in [6.07, 6.45) is 1.63. The molecule has 1 amide bonds. The minimum absolute atomic E-state index is 0.0580. The number of rotatable bonds is 5. The first-order valence-electron chi connectivity index (χ1n) is 9.50. The summed E-state index contributed by atoms with van der Waals surface area (Å²) in [5, 5.41) is 3.33. The molecule has 146 valence electrons. The van der Waals surface area contributed by atoms with Gasteiger partial charge in [-0.3, -0.25) is 0 Å². The van der Waals surface area contributed by atoms with Gasteiger partial charge < -0.3 is 19.7 Å². The summed E-state index contributed by atoms with van der Waals surface area (Å²) in [4.78, 5) is 23.5. The van der Waals surface area contributed by atoms with E-state index >= 15 is 0 Å². The molecule has 2 heterocycles. The summed E-state index contributed by atoms with van der Waals surface area (Å²) < 4.78 is 11.2. The molecule has 1 N–H and O–H groups in total. The summed E-state index contributed by atoms with van der Waals surface area (Å²) >= 11 is 0. The van der Waals surface area contributed by atoms with E-state index in [0.29, 0.717) is 31.4 Å². The quantitative estimate of drug-likeness (QED) is 0.859. The number of carbonyl (C=O) groups is 1. The van der Waals surface area contributed by atoms with Gasteiger partial charge in [-0.15, -0.1) is 0 Å². The molecular weight excluding hydrogens is 344 g/mol. The summed E-state index contributed by atoms with van der Waals surface area (Å²) in [6, 6.07) is 7.75. The molecule has 0 aliphatic carbocycles. The lowest BCUT2D eigenvalue weighted by molar-refractivity contribution is 0.0235. The van der Waals surface area contributed by atoms with Crippen molar-refractivity contribution in [3.05, 3.63) is 24.3 Å². The van der Waals surface area contributed by atoms with Crippen molar-refractivity contribution in [1.29, 1.82) is 0 Å². The van der Waals surface area contributed by atoms with Gasteiger partial charge in [-0.25, -0.2) is 14.8 Å². The normalized spacial score (nSPS) is 17.2. The number of anilines is 1. The molecule has 1 aliphatic heterocycles. The minimum atomic E-state index is -0.496. The van der Waals surface area contributed by atoms with Crippen molar-refractivity contribution in [3.63, 3.8) is 0 Å². The molecular formula is C20H28N4O3. The predicted molar refractivity (Wildman–Crippen MR) is 105 cm³/mol. The van der Waals surface area contributed by atoms with Crippen LogP contribution < -0.4 is 10.1 Å². The first-order chi connectivity index (χ1) is 12.9. The van der Waals surface area contributed by atoms with Gasteiger partial charge >= 0.3 is 6.09 Å². The highest BCUT2D eigenvalue weighted by atomic mass is 16.6. The highest BCUT2D eigenvalue weighted by molar-refractivity contribution is 5.77. The van der Waals surface area contributed by atoms with Crippen molar-refractivity contribution in [2.75, 3.05) is 25.0 Å². The van der Waals surface area contributed by atoms with E-state index < -0.39 is 5.60 Å². The van der Waals surface area contributed by atoms with E-state index in [1.54, 1.807) is 4.90 Å². The van der Waals surface area contributed by atoms with E-state index in [9.17, 15) is 4.79 Å². The highest BCUT2D eigenvalue weighted by Crippen LogP contribution is 2.25. The van der Waals surface area contributed by atoms with Crippen LogP contribution in [0.25, 0.3) is 11.0 Å². The number of ether oxygens (including phenoxy) is 2. The first-order valence-corrected chi connectivity index (χ1v) is 9.50. The molecule has 1 atom stereocenters. The number of benzene rings is 1. The number of amides is 1. The van der Waals surface area contributed by atoms with Crippen LogP contribution in [0.4, 0.5) is 10.6 Å². The van der Waals surface area contributed by atoms with Crippen LogP contribution in [0.1, 0.15) is 40.5 Å². The average Bonchev–Trinajstić information content (AvgIpc) is 3.07. The number of aromatic nitrogens is 2. The minimum Gasteiger partial charge on any atom is -0.475 e. The maximum absolute atomic E-state index is 12.5. The van der Waals surface area contributed by atoms with Crippen LogP contribution in [0.5, 0.6) is 5.88 Å². The SMILES string of the molecule is CCOc1nc2ccccc2nc1NCC1CCCN1C(=O)OC(C)(C)C. The molecule has 2 aromatic rings. The van der Waals surface area contributed by atoms with Crippen molar-refractivity contribution in [2.24, 2.45) is 0 Å². The summed E-state index contributed by atoms with van der Waals surface area (Å²) in [5.41, 5.74) is 1.10. The third-order valence-corrected chi connectivity index (χ3v) is 4.33. The predicted octanol–water partition coefficient (Wildman–Crippen LogP) is 3.84. The Morgan fingerprint density at radius 1 is 1.26 bits per heavy atom. The molecule has 0 radical (unpaired) electrons. The second kappa shape index (κ2) is 7.98. The fourth-order valence-corrected chi connectivity index (χ4v) is 3.16. The van der Waals surface area contributed by atoms with Crippen molar-refractivity contribution in [2.45, 2.75) is 52.2 Å². The Morgan fingerprint density at radius 3 is 2.63 bits per heavy atom. The topological polar surface area (TPSA) is 76.6 Å². The summed E-state index contributed by atoms with van der Waals surface area (Å²) in [7, 11) is 0. The average molecular weight is 372 g/mol. The fourth-order valence-electron chi connectivity index (χ4n) is 3.16. The van der Waals surface area contributed by atoms with Gasteiger partial charge in [0.15, 0.2) is 5.82 Å². The van der Waals surface area contributed by atoms with Gasteiger partial charge in [0, 0.05) is 13.1 Å². The van der Waals surface area contributed by atoms with Crippen molar-refractivity contribution in [3.8, 4) is 5.88 Å². The molecule has 1 saturated heterocycles. The van der Waals surface area contributed by atoms with E-state index in [0.717, 1.165) is 23.9 Å². The lowest BCUT2D eigenvalue weighted by Gasteiger charge is -2.28. The van der Waals surface area contributed by atoms with E-state index in [1.165, 1.54) is 0 Å². The number of likely N-dealkylation sites (tertiary alicyclic amines) is 1. The standard InChI is InChI=1S/C20H28N4O3/c1-5-26-18-17(22-15-10-6-7-11-16(15)23-18)21-13-14-9-8-12-24(14)19(25)27-20(2,3)4/h6-7,10-11,14H,5,8-9,12-13H2,1-4H3,(H,21,22). The van der Waals surface area contributed by atoms with E-state index in [1.807, 2.05) is 52.0 Å². The molecule has 7 nitrogen and oxygen atoms in total. The first kappa shape index (κ1) is 19.2. The third kappa shape index (κ3) is 4.78. The van der Waals surface area contributed by atoms with Gasteiger partial charge in [0.05, 0.1) is 23.7 Å². The zero-order chi connectivity index (χ0) is 19.4. The Balaban J connectivity index is 1.73. The molecule has 27 heavy (non-hydrogen) atoms. The number of hydrogen-bond acceptors (Lipinski definition) is 6. The van der Waals surface area contributed by atoms with E-state index in [-0.39, 0.29) is 12.1 Å². The largest absolute Gasteiger partial charge is 0.475 e.